The third kappa shape index (κ3) is 8.44. The number of rotatable bonds is 10. The maximum absolute atomic E-state index is 8.47. The number of hydrogen-bond donors (Lipinski definition) is 1. The predicted molar refractivity (Wildman–Crippen MR) is 54.2 cm³/mol. The van der Waals surface area contributed by atoms with Gasteiger partial charge < -0.3 is 19.3 Å². The van der Waals surface area contributed by atoms with Gasteiger partial charge in [-0.2, -0.15) is 0 Å². The molecular formula is C10H22O4. The third-order valence-electron chi connectivity index (χ3n) is 1.67. The average Bonchev–Trinajstić information content (AvgIpc) is 2.18. The van der Waals surface area contributed by atoms with Crippen molar-refractivity contribution in [2.24, 2.45) is 0 Å². The van der Waals surface area contributed by atoms with Gasteiger partial charge in [0.1, 0.15) is 0 Å². The molecule has 0 aromatic carbocycles. The Hall–Kier alpha value is -0.160. The first-order chi connectivity index (χ1) is 6.85. The van der Waals surface area contributed by atoms with Crippen molar-refractivity contribution in [2.45, 2.75) is 33.0 Å². The molecule has 0 heterocycles. The van der Waals surface area contributed by atoms with Gasteiger partial charge in [-0.1, -0.05) is 0 Å². The van der Waals surface area contributed by atoms with Gasteiger partial charge in [0.25, 0.3) is 0 Å². The molecule has 0 unspecified atom stereocenters. The van der Waals surface area contributed by atoms with Crippen LogP contribution in [0, 0.1) is 0 Å². The molecule has 0 aromatic rings. The van der Waals surface area contributed by atoms with Crippen LogP contribution in [0.3, 0.4) is 0 Å². The lowest BCUT2D eigenvalue weighted by Gasteiger charge is -2.16. The van der Waals surface area contributed by atoms with Gasteiger partial charge in [0.05, 0.1) is 13.2 Å². The van der Waals surface area contributed by atoms with E-state index in [0.29, 0.717) is 26.4 Å². The molecule has 0 bridgehead atoms. The van der Waals surface area contributed by atoms with Crippen molar-refractivity contribution in [3.8, 4) is 0 Å². The normalized spacial score (nSPS) is 11.1. The molecule has 0 saturated carbocycles. The highest BCUT2D eigenvalue weighted by molar-refractivity contribution is 4.46. The van der Waals surface area contributed by atoms with Crippen LogP contribution in [-0.4, -0.2) is 44.4 Å². The Morgan fingerprint density at radius 3 is 2.21 bits per heavy atom. The Balaban J connectivity index is 3.30. The minimum atomic E-state index is -0.109. The van der Waals surface area contributed by atoms with E-state index in [9.17, 15) is 0 Å². The summed E-state index contributed by atoms with van der Waals surface area (Å²) in [7, 11) is 0. The van der Waals surface area contributed by atoms with E-state index in [0.717, 1.165) is 12.8 Å². The van der Waals surface area contributed by atoms with Gasteiger partial charge in [-0.25, -0.2) is 0 Å². The zero-order valence-electron chi connectivity index (χ0n) is 9.20. The van der Waals surface area contributed by atoms with E-state index in [1.165, 1.54) is 0 Å². The highest BCUT2D eigenvalue weighted by Crippen LogP contribution is 2.04. The first kappa shape index (κ1) is 13.8. The molecule has 1 N–H and O–H groups in total. The van der Waals surface area contributed by atoms with Crippen molar-refractivity contribution in [3.63, 3.8) is 0 Å². The second-order valence-electron chi connectivity index (χ2n) is 2.82. The molecule has 0 rings (SSSR count). The van der Waals surface area contributed by atoms with Crippen LogP contribution in [0.1, 0.15) is 26.7 Å². The Bertz CT molecular complexity index is 102. The monoisotopic (exact) mass is 206 g/mol. The van der Waals surface area contributed by atoms with Gasteiger partial charge in [-0.05, 0) is 20.3 Å². The minimum Gasteiger partial charge on any atom is -0.394 e. The van der Waals surface area contributed by atoms with Crippen LogP contribution in [0.5, 0.6) is 0 Å². The van der Waals surface area contributed by atoms with Crippen LogP contribution in [0.25, 0.3) is 0 Å². The third-order valence-corrected chi connectivity index (χ3v) is 1.67. The van der Waals surface area contributed by atoms with Crippen LogP contribution in [0.2, 0.25) is 0 Å². The second-order valence-corrected chi connectivity index (χ2v) is 2.82. The lowest BCUT2D eigenvalue weighted by molar-refractivity contribution is -0.141. The van der Waals surface area contributed by atoms with Crippen molar-refractivity contribution in [1.29, 1.82) is 0 Å². The molecule has 0 fully saturated rings. The fraction of sp³-hybridized carbons (Fsp3) is 1.00. The minimum absolute atomic E-state index is 0.0837. The number of aliphatic hydroxyl groups is 1. The van der Waals surface area contributed by atoms with Crippen molar-refractivity contribution in [1.82, 2.24) is 0 Å². The topological polar surface area (TPSA) is 47.9 Å². The molecule has 86 valence electrons. The van der Waals surface area contributed by atoms with E-state index in [-0.39, 0.29) is 12.9 Å². The zero-order chi connectivity index (χ0) is 10.6. The summed E-state index contributed by atoms with van der Waals surface area (Å²) in [5.74, 6) is 0. The van der Waals surface area contributed by atoms with E-state index >= 15 is 0 Å². The van der Waals surface area contributed by atoms with Crippen molar-refractivity contribution < 1.29 is 19.3 Å². The van der Waals surface area contributed by atoms with Gasteiger partial charge in [0.2, 0.25) is 0 Å². The van der Waals surface area contributed by atoms with Gasteiger partial charge in [-0.15, -0.1) is 0 Å². The highest BCUT2D eigenvalue weighted by atomic mass is 16.7. The van der Waals surface area contributed by atoms with E-state index in [4.69, 9.17) is 19.3 Å². The van der Waals surface area contributed by atoms with Crippen LogP contribution >= 0.6 is 0 Å². The number of aliphatic hydroxyl groups excluding tert-OH is 1. The summed E-state index contributed by atoms with van der Waals surface area (Å²) >= 11 is 0. The standard InChI is InChI=1S/C10H22O4/c1-3-13-10(14-4-2)6-5-8-12-9-7-11/h10-11H,3-9H2,1-2H3. The lowest BCUT2D eigenvalue weighted by atomic mass is 10.3. The second kappa shape index (κ2) is 10.9. The molecule has 0 aromatic heterocycles. The van der Waals surface area contributed by atoms with Gasteiger partial charge in [-0.3, -0.25) is 0 Å². The molecule has 0 saturated heterocycles. The Morgan fingerprint density at radius 2 is 1.71 bits per heavy atom. The summed E-state index contributed by atoms with van der Waals surface area (Å²) in [6.07, 6.45) is 1.63. The fourth-order valence-corrected chi connectivity index (χ4v) is 1.11. The summed E-state index contributed by atoms with van der Waals surface area (Å²) in [5, 5.41) is 8.47. The molecule has 4 heteroatoms. The first-order valence-corrected chi connectivity index (χ1v) is 5.26. The molecular weight excluding hydrogens is 184 g/mol. The largest absolute Gasteiger partial charge is 0.394 e. The van der Waals surface area contributed by atoms with E-state index in [1.54, 1.807) is 0 Å². The average molecular weight is 206 g/mol. The summed E-state index contributed by atoms with van der Waals surface area (Å²) < 4.78 is 15.9. The molecule has 0 spiro atoms. The fourth-order valence-electron chi connectivity index (χ4n) is 1.11. The Morgan fingerprint density at radius 1 is 1.07 bits per heavy atom. The number of ether oxygens (including phenoxy) is 3. The van der Waals surface area contributed by atoms with Crippen molar-refractivity contribution >= 4 is 0 Å². The SMILES string of the molecule is CCOC(CCCOCCO)OCC. The quantitative estimate of drug-likeness (QED) is 0.430. The van der Waals surface area contributed by atoms with E-state index < -0.39 is 0 Å². The molecule has 0 aliphatic rings. The van der Waals surface area contributed by atoms with E-state index in [1.807, 2.05) is 13.8 Å². The van der Waals surface area contributed by atoms with Gasteiger partial charge in [0, 0.05) is 26.2 Å². The highest BCUT2D eigenvalue weighted by Gasteiger charge is 2.06. The van der Waals surface area contributed by atoms with Gasteiger partial charge in [0.15, 0.2) is 6.29 Å². The van der Waals surface area contributed by atoms with Crippen LogP contribution in [-0.2, 0) is 14.2 Å². The molecule has 4 nitrogen and oxygen atoms in total. The molecule has 0 aliphatic heterocycles. The van der Waals surface area contributed by atoms with Crippen LogP contribution < -0.4 is 0 Å². The summed E-state index contributed by atoms with van der Waals surface area (Å²) in [5.41, 5.74) is 0. The van der Waals surface area contributed by atoms with Crippen molar-refractivity contribution in [3.05, 3.63) is 0 Å². The van der Waals surface area contributed by atoms with Crippen molar-refractivity contribution in [2.75, 3.05) is 33.0 Å². The van der Waals surface area contributed by atoms with Crippen LogP contribution in [0.4, 0.5) is 0 Å². The summed E-state index contributed by atoms with van der Waals surface area (Å²) in [6, 6.07) is 0. The molecule has 0 atom stereocenters. The first-order valence-electron chi connectivity index (χ1n) is 5.26. The molecule has 0 amide bonds. The van der Waals surface area contributed by atoms with E-state index in [2.05, 4.69) is 0 Å². The predicted octanol–water partition coefficient (Wildman–Crippen LogP) is 1.17. The Kier molecular flexibility index (Phi) is 10.8. The number of hydrogen-bond acceptors (Lipinski definition) is 4. The Labute approximate surface area is 86.2 Å². The van der Waals surface area contributed by atoms with Crippen LogP contribution in [0.15, 0.2) is 0 Å². The maximum atomic E-state index is 8.47. The zero-order valence-corrected chi connectivity index (χ0v) is 9.20. The molecule has 14 heavy (non-hydrogen) atoms. The maximum Gasteiger partial charge on any atom is 0.157 e. The molecule has 0 aliphatic carbocycles. The summed E-state index contributed by atoms with van der Waals surface area (Å²) in [6.45, 7) is 6.39. The summed E-state index contributed by atoms with van der Waals surface area (Å²) in [4.78, 5) is 0. The smallest absolute Gasteiger partial charge is 0.157 e. The molecule has 0 radical (unpaired) electrons. The lowest BCUT2D eigenvalue weighted by Crippen LogP contribution is -2.18. The van der Waals surface area contributed by atoms with Gasteiger partial charge >= 0.3 is 0 Å².